The third-order valence-electron chi connectivity index (χ3n) is 4.55. The van der Waals surface area contributed by atoms with E-state index in [9.17, 15) is 4.79 Å². The van der Waals surface area contributed by atoms with E-state index in [0.717, 1.165) is 18.8 Å². The average molecular weight is 260 g/mol. The van der Waals surface area contributed by atoms with Crippen molar-refractivity contribution in [3.05, 3.63) is 23.8 Å². The lowest BCUT2D eigenvalue weighted by Crippen LogP contribution is -2.35. The molecule has 1 aromatic rings. The normalized spacial score (nSPS) is 20.4. The van der Waals surface area contributed by atoms with Crippen LogP contribution in [0.25, 0.3) is 0 Å². The number of nitrogen functional groups attached to an aromatic ring is 1. The lowest BCUT2D eigenvalue weighted by Gasteiger charge is -2.34. The molecule has 0 radical (unpaired) electrons. The first-order valence-electron chi connectivity index (χ1n) is 6.86. The van der Waals surface area contributed by atoms with Gasteiger partial charge < -0.3 is 15.4 Å². The standard InChI is InChI=1S/C15H20N2O2/c1-19-14(18)12-3-2-11(16)10-13(12)17-8-6-15(4-5-15)7-9-17/h2-3,10H,4-9,16H2,1H3. The van der Waals surface area contributed by atoms with E-state index in [1.807, 2.05) is 6.07 Å². The minimum Gasteiger partial charge on any atom is -0.465 e. The second-order valence-electron chi connectivity index (χ2n) is 5.76. The number of piperidine rings is 1. The minimum absolute atomic E-state index is 0.290. The van der Waals surface area contributed by atoms with Crippen LogP contribution in [-0.4, -0.2) is 26.2 Å². The number of ether oxygens (including phenoxy) is 1. The summed E-state index contributed by atoms with van der Waals surface area (Å²) in [5, 5.41) is 0. The largest absolute Gasteiger partial charge is 0.465 e. The van der Waals surface area contributed by atoms with E-state index in [0.29, 0.717) is 16.7 Å². The van der Waals surface area contributed by atoms with Crippen LogP contribution in [0.5, 0.6) is 0 Å². The molecule has 0 aromatic heterocycles. The van der Waals surface area contributed by atoms with Crippen molar-refractivity contribution in [2.45, 2.75) is 25.7 Å². The number of nitrogens with zero attached hydrogens (tertiary/aromatic N) is 1. The van der Waals surface area contributed by atoms with E-state index in [4.69, 9.17) is 10.5 Å². The van der Waals surface area contributed by atoms with Crippen molar-refractivity contribution in [2.24, 2.45) is 5.41 Å². The van der Waals surface area contributed by atoms with Gasteiger partial charge >= 0.3 is 5.97 Å². The fraction of sp³-hybridized carbons (Fsp3) is 0.533. The molecule has 4 heteroatoms. The fourth-order valence-electron chi connectivity index (χ4n) is 2.99. The molecule has 1 aliphatic carbocycles. The maximum atomic E-state index is 11.8. The molecule has 1 saturated heterocycles. The van der Waals surface area contributed by atoms with Gasteiger partial charge in [-0.05, 0) is 49.3 Å². The molecule has 0 atom stereocenters. The van der Waals surface area contributed by atoms with Crippen LogP contribution in [0.3, 0.4) is 0 Å². The van der Waals surface area contributed by atoms with Crippen molar-refractivity contribution in [1.29, 1.82) is 0 Å². The van der Waals surface area contributed by atoms with Gasteiger partial charge in [-0.1, -0.05) is 0 Å². The highest BCUT2D eigenvalue weighted by molar-refractivity contribution is 5.96. The first kappa shape index (κ1) is 12.3. The molecule has 0 bridgehead atoms. The molecule has 2 aliphatic rings. The summed E-state index contributed by atoms with van der Waals surface area (Å²) >= 11 is 0. The first-order valence-corrected chi connectivity index (χ1v) is 6.86. The van der Waals surface area contributed by atoms with Crippen molar-refractivity contribution in [3.63, 3.8) is 0 Å². The zero-order valence-corrected chi connectivity index (χ0v) is 11.3. The molecule has 2 fully saturated rings. The molecular formula is C15H20N2O2. The molecule has 1 saturated carbocycles. The van der Waals surface area contributed by atoms with Gasteiger partial charge in [-0.25, -0.2) is 4.79 Å². The van der Waals surface area contributed by atoms with Crippen LogP contribution in [-0.2, 0) is 4.74 Å². The number of nitrogens with two attached hydrogens (primary N) is 1. The van der Waals surface area contributed by atoms with Gasteiger partial charge in [0.15, 0.2) is 0 Å². The number of methoxy groups -OCH3 is 1. The summed E-state index contributed by atoms with van der Waals surface area (Å²) in [6, 6.07) is 5.40. The van der Waals surface area contributed by atoms with Gasteiger partial charge in [-0.15, -0.1) is 0 Å². The van der Waals surface area contributed by atoms with E-state index >= 15 is 0 Å². The summed E-state index contributed by atoms with van der Waals surface area (Å²) in [5.74, 6) is -0.290. The molecule has 1 heterocycles. The second-order valence-corrected chi connectivity index (χ2v) is 5.76. The first-order chi connectivity index (χ1) is 9.13. The molecule has 3 rings (SSSR count). The summed E-state index contributed by atoms with van der Waals surface area (Å²) in [5.41, 5.74) is 8.71. The smallest absolute Gasteiger partial charge is 0.339 e. The van der Waals surface area contributed by atoms with E-state index in [1.54, 1.807) is 12.1 Å². The number of benzene rings is 1. The van der Waals surface area contributed by atoms with E-state index < -0.39 is 0 Å². The molecule has 102 valence electrons. The van der Waals surface area contributed by atoms with Crippen LogP contribution >= 0.6 is 0 Å². The quantitative estimate of drug-likeness (QED) is 0.655. The topological polar surface area (TPSA) is 55.6 Å². The number of anilines is 2. The molecule has 1 aromatic carbocycles. The van der Waals surface area contributed by atoms with Gasteiger partial charge in [0.05, 0.1) is 18.4 Å². The van der Waals surface area contributed by atoms with Gasteiger partial charge in [0, 0.05) is 18.8 Å². The summed E-state index contributed by atoms with van der Waals surface area (Å²) in [7, 11) is 1.41. The van der Waals surface area contributed by atoms with Crippen molar-refractivity contribution >= 4 is 17.3 Å². The number of hydrogen-bond donors (Lipinski definition) is 1. The highest BCUT2D eigenvalue weighted by Crippen LogP contribution is 2.54. The molecule has 1 spiro atoms. The van der Waals surface area contributed by atoms with Crippen LogP contribution in [0.15, 0.2) is 18.2 Å². The minimum atomic E-state index is -0.290. The maximum Gasteiger partial charge on any atom is 0.339 e. The SMILES string of the molecule is COC(=O)c1ccc(N)cc1N1CCC2(CC1)CC2. The Balaban J connectivity index is 1.86. The monoisotopic (exact) mass is 260 g/mol. The van der Waals surface area contributed by atoms with Gasteiger partial charge in [0.2, 0.25) is 0 Å². The second kappa shape index (κ2) is 4.44. The molecular weight excluding hydrogens is 240 g/mol. The Bertz CT molecular complexity index is 499. The zero-order chi connectivity index (χ0) is 13.5. The van der Waals surface area contributed by atoms with Gasteiger partial charge in [-0.3, -0.25) is 0 Å². The van der Waals surface area contributed by atoms with Crippen molar-refractivity contribution in [3.8, 4) is 0 Å². The van der Waals surface area contributed by atoms with Crippen LogP contribution < -0.4 is 10.6 Å². The van der Waals surface area contributed by atoms with Crippen LogP contribution in [0.4, 0.5) is 11.4 Å². The third kappa shape index (κ3) is 2.27. The van der Waals surface area contributed by atoms with Crippen molar-refractivity contribution in [2.75, 3.05) is 30.8 Å². The predicted molar refractivity (Wildman–Crippen MR) is 75.3 cm³/mol. The van der Waals surface area contributed by atoms with Gasteiger partial charge in [0.25, 0.3) is 0 Å². The Morgan fingerprint density at radius 3 is 2.53 bits per heavy atom. The Morgan fingerprint density at radius 1 is 1.26 bits per heavy atom. The lowest BCUT2D eigenvalue weighted by molar-refractivity contribution is 0.0601. The third-order valence-corrected chi connectivity index (χ3v) is 4.55. The molecule has 1 aliphatic heterocycles. The molecule has 0 unspecified atom stereocenters. The van der Waals surface area contributed by atoms with E-state index in [-0.39, 0.29) is 5.97 Å². The number of rotatable bonds is 2. The number of carbonyl (C=O) groups excluding carboxylic acids is 1. The van der Waals surface area contributed by atoms with Crippen LogP contribution in [0.1, 0.15) is 36.0 Å². The average Bonchev–Trinajstić information content (AvgIpc) is 3.18. The van der Waals surface area contributed by atoms with Crippen molar-refractivity contribution in [1.82, 2.24) is 0 Å². The highest BCUT2D eigenvalue weighted by Gasteiger charge is 2.44. The fourth-order valence-corrected chi connectivity index (χ4v) is 2.99. The summed E-state index contributed by atoms with van der Waals surface area (Å²) in [4.78, 5) is 14.1. The summed E-state index contributed by atoms with van der Waals surface area (Å²) < 4.78 is 4.85. The Kier molecular flexibility index (Phi) is 2.88. The summed E-state index contributed by atoms with van der Waals surface area (Å²) in [6.45, 7) is 2.01. The highest BCUT2D eigenvalue weighted by atomic mass is 16.5. The van der Waals surface area contributed by atoms with Crippen LogP contribution in [0, 0.1) is 5.41 Å². The number of esters is 1. The molecule has 0 amide bonds. The van der Waals surface area contributed by atoms with Gasteiger partial charge in [0.1, 0.15) is 0 Å². The summed E-state index contributed by atoms with van der Waals surface area (Å²) in [6.07, 6.45) is 5.20. The molecule has 19 heavy (non-hydrogen) atoms. The predicted octanol–water partition coefficient (Wildman–Crippen LogP) is 2.44. The number of carbonyl (C=O) groups is 1. The molecule has 4 nitrogen and oxygen atoms in total. The zero-order valence-electron chi connectivity index (χ0n) is 11.3. The van der Waals surface area contributed by atoms with Gasteiger partial charge in [-0.2, -0.15) is 0 Å². The maximum absolute atomic E-state index is 11.8. The lowest BCUT2D eigenvalue weighted by atomic mass is 9.93. The molecule has 2 N–H and O–H groups in total. The van der Waals surface area contributed by atoms with Crippen LogP contribution in [0.2, 0.25) is 0 Å². The van der Waals surface area contributed by atoms with Crippen molar-refractivity contribution < 1.29 is 9.53 Å². The Hall–Kier alpha value is -1.71. The Morgan fingerprint density at radius 2 is 1.95 bits per heavy atom. The van der Waals surface area contributed by atoms with E-state index in [2.05, 4.69) is 4.90 Å². The Labute approximate surface area is 113 Å². The van der Waals surface area contributed by atoms with E-state index in [1.165, 1.54) is 32.8 Å². The number of hydrogen-bond acceptors (Lipinski definition) is 4.